The summed E-state index contributed by atoms with van der Waals surface area (Å²) in [7, 11) is 0. The molecule has 0 aliphatic carbocycles. The average Bonchev–Trinajstić information content (AvgIpc) is 2.83. The molecule has 5 nitrogen and oxygen atoms in total. The van der Waals surface area contributed by atoms with E-state index in [-0.39, 0.29) is 18.4 Å². The van der Waals surface area contributed by atoms with Crippen LogP contribution in [0.4, 0.5) is 5.69 Å². The van der Waals surface area contributed by atoms with Crippen molar-refractivity contribution in [3.8, 4) is 0 Å². The van der Waals surface area contributed by atoms with E-state index in [1.807, 2.05) is 0 Å². The van der Waals surface area contributed by atoms with Crippen LogP contribution < -0.4 is 11.1 Å². The van der Waals surface area contributed by atoms with Crippen molar-refractivity contribution in [2.24, 2.45) is 0 Å². The Balaban J connectivity index is 1.74. The molecule has 0 bridgehead atoms. The predicted molar refractivity (Wildman–Crippen MR) is 64.3 cm³/mol. The molecule has 2 rings (SSSR count). The Morgan fingerprint density at radius 2 is 2.47 bits per heavy atom. The van der Waals surface area contributed by atoms with Gasteiger partial charge in [-0.3, -0.25) is 9.78 Å². The van der Waals surface area contributed by atoms with Crippen LogP contribution in [-0.2, 0) is 16.0 Å². The molecule has 1 amide bonds. The highest BCUT2D eigenvalue weighted by atomic mass is 16.5. The second kappa shape index (κ2) is 5.63. The van der Waals surface area contributed by atoms with E-state index in [0.717, 1.165) is 25.1 Å². The predicted octanol–water partition coefficient (Wildman–Crippen LogP) is 0.501. The van der Waals surface area contributed by atoms with Crippen molar-refractivity contribution in [2.75, 3.05) is 18.9 Å². The highest BCUT2D eigenvalue weighted by Gasteiger charge is 2.16. The lowest BCUT2D eigenvalue weighted by molar-refractivity contribution is -0.121. The van der Waals surface area contributed by atoms with Gasteiger partial charge in [0.2, 0.25) is 5.91 Å². The maximum atomic E-state index is 11.6. The van der Waals surface area contributed by atoms with E-state index < -0.39 is 0 Å². The van der Waals surface area contributed by atoms with Gasteiger partial charge in [-0.05, 0) is 25.0 Å². The van der Waals surface area contributed by atoms with Crippen LogP contribution in [0.5, 0.6) is 0 Å². The molecule has 0 radical (unpaired) electrons. The number of pyridine rings is 1. The number of hydrogen-bond acceptors (Lipinski definition) is 4. The van der Waals surface area contributed by atoms with Crippen LogP contribution in [0, 0.1) is 0 Å². The molecular weight excluding hydrogens is 218 g/mol. The summed E-state index contributed by atoms with van der Waals surface area (Å²) in [6.07, 6.45) is 4.13. The van der Waals surface area contributed by atoms with Crippen molar-refractivity contribution >= 4 is 11.6 Å². The first kappa shape index (κ1) is 11.9. The second-order valence-corrected chi connectivity index (χ2v) is 4.20. The summed E-state index contributed by atoms with van der Waals surface area (Å²) in [6, 6.07) is 3.51. The minimum atomic E-state index is -0.0298. The van der Waals surface area contributed by atoms with Gasteiger partial charge in [-0.15, -0.1) is 0 Å². The molecule has 0 saturated carbocycles. The quantitative estimate of drug-likeness (QED) is 0.796. The highest BCUT2D eigenvalue weighted by molar-refractivity contribution is 5.78. The topological polar surface area (TPSA) is 77.2 Å². The van der Waals surface area contributed by atoms with Crippen LogP contribution in [0.3, 0.4) is 0 Å². The third-order valence-corrected chi connectivity index (χ3v) is 2.74. The largest absolute Gasteiger partial charge is 0.397 e. The third kappa shape index (κ3) is 3.71. The number of nitrogens with two attached hydrogens (primary N) is 1. The fraction of sp³-hybridized carbons (Fsp3) is 0.500. The van der Waals surface area contributed by atoms with Gasteiger partial charge in [0.15, 0.2) is 0 Å². The van der Waals surface area contributed by atoms with Crippen LogP contribution in [0.2, 0.25) is 0 Å². The van der Waals surface area contributed by atoms with Crippen LogP contribution in [0.25, 0.3) is 0 Å². The number of nitrogens with one attached hydrogen (secondary N) is 1. The fourth-order valence-corrected chi connectivity index (χ4v) is 1.80. The molecule has 1 atom stereocenters. The lowest BCUT2D eigenvalue weighted by Crippen LogP contribution is -2.32. The molecule has 1 aliphatic rings. The number of hydrogen-bond donors (Lipinski definition) is 2. The summed E-state index contributed by atoms with van der Waals surface area (Å²) in [4.78, 5) is 15.7. The number of amides is 1. The van der Waals surface area contributed by atoms with Gasteiger partial charge >= 0.3 is 0 Å². The number of anilines is 1. The SMILES string of the molecule is Nc1ccc(CC(=O)NCC2CCCO2)nc1. The zero-order valence-corrected chi connectivity index (χ0v) is 9.69. The number of nitrogens with zero attached hydrogens (tertiary/aromatic N) is 1. The molecule has 0 spiro atoms. The molecule has 3 N–H and O–H groups in total. The number of nitrogen functional groups attached to an aromatic ring is 1. The number of rotatable bonds is 4. The zero-order valence-electron chi connectivity index (χ0n) is 9.69. The maximum absolute atomic E-state index is 11.6. The molecule has 17 heavy (non-hydrogen) atoms. The molecule has 92 valence electrons. The van der Waals surface area contributed by atoms with Crippen molar-refractivity contribution in [3.63, 3.8) is 0 Å². The Labute approximate surface area is 100 Å². The highest BCUT2D eigenvalue weighted by Crippen LogP contribution is 2.10. The summed E-state index contributed by atoms with van der Waals surface area (Å²) >= 11 is 0. The van der Waals surface area contributed by atoms with E-state index >= 15 is 0 Å². The summed E-state index contributed by atoms with van der Waals surface area (Å²) in [5, 5.41) is 2.85. The van der Waals surface area contributed by atoms with Crippen LogP contribution in [0.1, 0.15) is 18.5 Å². The fourth-order valence-electron chi connectivity index (χ4n) is 1.80. The van der Waals surface area contributed by atoms with Gasteiger partial charge in [0.05, 0.1) is 24.4 Å². The van der Waals surface area contributed by atoms with Gasteiger partial charge in [0.25, 0.3) is 0 Å². The van der Waals surface area contributed by atoms with Crippen molar-refractivity contribution in [1.82, 2.24) is 10.3 Å². The molecule has 0 aromatic carbocycles. The lowest BCUT2D eigenvalue weighted by Gasteiger charge is -2.10. The summed E-state index contributed by atoms with van der Waals surface area (Å²) in [5.41, 5.74) is 6.85. The number of carbonyl (C=O) groups excluding carboxylic acids is 1. The Hall–Kier alpha value is -1.62. The Morgan fingerprint density at radius 3 is 3.12 bits per heavy atom. The molecule has 1 unspecified atom stereocenters. The van der Waals surface area contributed by atoms with Crippen molar-refractivity contribution in [1.29, 1.82) is 0 Å². The van der Waals surface area contributed by atoms with E-state index in [4.69, 9.17) is 10.5 Å². The lowest BCUT2D eigenvalue weighted by atomic mass is 10.2. The average molecular weight is 235 g/mol. The molecule has 1 fully saturated rings. The van der Waals surface area contributed by atoms with E-state index in [9.17, 15) is 4.79 Å². The zero-order chi connectivity index (χ0) is 12.1. The minimum Gasteiger partial charge on any atom is -0.397 e. The Bertz CT molecular complexity index is 372. The van der Waals surface area contributed by atoms with Crippen LogP contribution >= 0.6 is 0 Å². The van der Waals surface area contributed by atoms with Gasteiger partial charge in [-0.2, -0.15) is 0 Å². The van der Waals surface area contributed by atoms with E-state index in [0.29, 0.717) is 12.2 Å². The minimum absolute atomic E-state index is 0.0298. The van der Waals surface area contributed by atoms with E-state index in [2.05, 4.69) is 10.3 Å². The Kier molecular flexibility index (Phi) is 3.93. The number of aromatic nitrogens is 1. The molecule has 5 heteroatoms. The molecular formula is C12H17N3O2. The maximum Gasteiger partial charge on any atom is 0.226 e. The van der Waals surface area contributed by atoms with Gasteiger partial charge in [-0.25, -0.2) is 0 Å². The van der Waals surface area contributed by atoms with Gasteiger partial charge < -0.3 is 15.8 Å². The van der Waals surface area contributed by atoms with E-state index in [1.54, 1.807) is 18.3 Å². The monoisotopic (exact) mass is 235 g/mol. The van der Waals surface area contributed by atoms with Crippen LogP contribution in [0.15, 0.2) is 18.3 Å². The standard InChI is InChI=1S/C12H17N3O2/c13-9-3-4-10(14-7-9)6-12(16)15-8-11-2-1-5-17-11/h3-4,7,11H,1-2,5-6,8,13H2,(H,15,16). The normalized spacial score (nSPS) is 19.2. The van der Waals surface area contributed by atoms with Crippen molar-refractivity contribution in [3.05, 3.63) is 24.0 Å². The first-order chi connectivity index (χ1) is 8.24. The first-order valence-corrected chi connectivity index (χ1v) is 5.83. The van der Waals surface area contributed by atoms with Gasteiger partial charge in [0, 0.05) is 18.8 Å². The summed E-state index contributed by atoms with van der Waals surface area (Å²) < 4.78 is 5.42. The number of ether oxygens (including phenoxy) is 1. The van der Waals surface area contributed by atoms with Crippen LogP contribution in [-0.4, -0.2) is 30.1 Å². The molecule has 1 aromatic heterocycles. The summed E-state index contributed by atoms with van der Waals surface area (Å²) in [5.74, 6) is -0.0298. The second-order valence-electron chi connectivity index (χ2n) is 4.20. The molecule has 1 aliphatic heterocycles. The first-order valence-electron chi connectivity index (χ1n) is 5.83. The molecule has 2 heterocycles. The van der Waals surface area contributed by atoms with Gasteiger partial charge in [-0.1, -0.05) is 0 Å². The smallest absolute Gasteiger partial charge is 0.226 e. The third-order valence-electron chi connectivity index (χ3n) is 2.74. The van der Waals surface area contributed by atoms with Crippen molar-refractivity contribution in [2.45, 2.75) is 25.4 Å². The Morgan fingerprint density at radius 1 is 1.59 bits per heavy atom. The molecule has 1 saturated heterocycles. The number of carbonyl (C=O) groups is 1. The molecule has 1 aromatic rings. The summed E-state index contributed by atoms with van der Waals surface area (Å²) in [6.45, 7) is 1.40. The van der Waals surface area contributed by atoms with Crippen molar-refractivity contribution < 1.29 is 9.53 Å². The van der Waals surface area contributed by atoms with Gasteiger partial charge in [0.1, 0.15) is 0 Å². The van der Waals surface area contributed by atoms with E-state index in [1.165, 1.54) is 0 Å².